The van der Waals surface area contributed by atoms with E-state index in [1.807, 2.05) is 0 Å². The zero-order chi connectivity index (χ0) is 16.5. The predicted molar refractivity (Wildman–Crippen MR) is 83.7 cm³/mol. The van der Waals surface area contributed by atoms with Crippen LogP contribution in [0.2, 0.25) is 0 Å². The first-order valence-corrected chi connectivity index (χ1v) is 7.95. The molecule has 7 nitrogen and oxygen atoms in total. The number of aromatic hydroxyl groups is 1. The molecule has 1 aliphatic rings. The minimum Gasteiger partial charge on any atom is -0.493 e. The van der Waals surface area contributed by atoms with Crippen LogP contribution in [0.5, 0.6) is 11.6 Å². The van der Waals surface area contributed by atoms with Crippen molar-refractivity contribution in [2.75, 3.05) is 6.61 Å². The highest BCUT2D eigenvalue weighted by Crippen LogP contribution is 2.28. The van der Waals surface area contributed by atoms with Crippen LogP contribution < -0.4 is 4.74 Å². The number of rotatable bonds is 0. The zero-order valence-corrected chi connectivity index (χ0v) is 12.9. The molecule has 1 N–H and O–H groups in total. The normalized spacial score (nSPS) is 15.2. The van der Waals surface area contributed by atoms with Gasteiger partial charge in [0.1, 0.15) is 17.0 Å². The number of fused-ring (bicyclic) bond motifs is 3. The monoisotopic (exact) mass is 329 g/mol. The van der Waals surface area contributed by atoms with Gasteiger partial charge in [0, 0.05) is 12.5 Å². The van der Waals surface area contributed by atoms with E-state index >= 15 is 0 Å². The van der Waals surface area contributed by atoms with Gasteiger partial charge in [-0.05, 0) is 12.8 Å². The quantitative estimate of drug-likeness (QED) is 0.682. The van der Waals surface area contributed by atoms with Crippen LogP contribution in [0.1, 0.15) is 31.5 Å². The van der Waals surface area contributed by atoms with Crippen LogP contribution in [-0.4, -0.2) is 36.4 Å². The van der Waals surface area contributed by atoms with E-state index in [1.54, 1.807) is 0 Å². The molecule has 0 aliphatic carbocycles. The largest absolute Gasteiger partial charge is 0.493 e. The Balaban J connectivity index is 1.93. The fourth-order valence-corrected chi connectivity index (χ4v) is 2.80. The van der Waals surface area contributed by atoms with Crippen LogP contribution >= 0.6 is 0 Å². The zero-order valence-electron chi connectivity index (χ0n) is 12.9. The van der Waals surface area contributed by atoms with Gasteiger partial charge >= 0.3 is 0 Å². The van der Waals surface area contributed by atoms with Gasteiger partial charge in [-0.3, -0.25) is 0 Å². The summed E-state index contributed by atoms with van der Waals surface area (Å²) in [5.74, 6) is 0.618. The second-order valence-electron chi connectivity index (χ2n) is 5.75. The molecule has 3 aromatic rings. The molecule has 124 valence electrons. The highest BCUT2D eigenvalue weighted by molar-refractivity contribution is 5.81. The number of ether oxygens (including phenoxy) is 1. The summed E-state index contributed by atoms with van der Waals surface area (Å²) in [5, 5.41) is 14.8. The second-order valence-corrected chi connectivity index (χ2v) is 5.75. The summed E-state index contributed by atoms with van der Waals surface area (Å²) in [6.07, 6.45) is 7.06. The third-order valence-electron chi connectivity index (χ3n) is 4.01. The molecule has 0 spiro atoms. The molecular formula is C16H16FN5O2. The molecule has 0 radical (unpaired) electrons. The van der Waals surface area contributed by atoms with Crippen LogP contribution in [0, 0.1) is 5.82 Å². The SMILES string of the molecule is Oc1nc2nc3c1cnn3-c1ncc(F)cc1OCCCCCC2. The Hall–Kier alpha value is -2.77. The maximum absolute atomic E-state index is 13.6. The molecule has 0 fully saturated rings. The number of pyridine rings is 1. The fraction of sp³-hybridized carbons (Fsp3) is 0.375. The summed E-state index contributed by atoms with van der Waals surface area (Å²) < 4.78 is 20.7. The van der Waals surface area contributed by atoms with Crippen LogP contribution in [-0.2, 0) is 6.42 Å². The highest BCUT2D eigenvalue weighted by atomic mass is 19.1. The Morgan fingerprint density at radius 2 is 2.00 bits per heavy atom. The van der Waals surface area contributed by atoms with Crippen molar-refractivity contribution in [3.63, 3.8) is 0 Å². The summed E-state index contributed by atoms with van der Waals surface area (Å²) >= 11 is 0. The van der Waals surface area contributed by atoms with E-state index in [-0.39, 0.29) is 5.88 Å². The Kier molecular flexibility index (Phi) is 3.72. The van der Waals surface area contributed by atoms with Crippen molar-refractivity contribution in [1.82, 2.24) is 24.7 Å². The Morgan fingerprint density at radius 1 is 1.12 bits per heavy atom. The van der Waals surface area contributed by atoms with E-state index in [4.69, 9.17) is 4.74 Å². The van der Waals surface area contributed by atoms with Gasteiger partial charge in [0.25, 0.3) is 0 Å². The molecule has 0 saturated heterocycles. The molecule has 1 aliphatic heterocycles. The standard InChI is InChI=1S/C16H16FN5O2/c17-10-7-12-15(18-8-10)22-14-11(9-19-22)16(23)21-13(20-14)5-3-1-2-4-6-24-12/h7-9H,1-6H2,(H,20,21,23). The summed E-state index contributed by atoms with van der Waals surface area (Å²) in [5.41, 5.74) is 0.431. The molecule has 0 unspecified atom stereocenters. The van der Waals surface area contributed by atoms with Crippen molar-refractivity contribution in [3.8, 4) is 17.4 Å². The van der Waals surface area contributed by atoms with E-state index < -0.39 is 5.82 Å². The molecule has 2 bridgehead atoms. The summed E-state index contributed by atoms with van der Waals surface area (Å²) in [7, 11) is 0. The average Bonchev–Trinajstić information content (AvgIpc) is 2.98. The van der Waals surface area contributed by atoms with E-state index in [9.17, 15) is 9.50 Å². The van der Waals surface area contributed by atoms with Crippen molar-refractivity contribution in [3.05, 3.63) is 30.1 Å². The van der Waals surface area contributed by atoms with E-state index in [0.717, 1.165) is 31.9 Å². The molecule has 4 rings (SSSR count). The Bertz CT molecular complexity index is 896. The van der Waals surface area contributed by atoms with E-state index in [2.05, 4.69) is 20.1 Å². The Morgan fingerprint density at radius 3 is 2.92 bits per heavy atom. The van der Waals surface area contributed by atoms with E-state index in [0.29, 0.717) is 41.5 Å². The lowest BCUT2D eigenvalue weighted by Gasteiger charge is -2.11. The van der Waals surface area contributed by atoms with Gasteiger partial charge in [0.2, 0.25) is 5.88 Å². The van der Waals surface area contributed by atoms with Gasteiger partial charge < -0.3 is 9.84 Å². The van der Waals surface area contributed by atoms with Crippen LogP contribution in [0.4, 0.5) is 4.39 Å². The lowest BCUT2D eigenvalue weighted by atomic mass is 10.1. The topological polar surface area (TPSA) is 86.0 Å². The highest BCUT2D eigenvalue weighted by Gasteiger charge is 2.18. The van der Waals surface area contributed by atoms with E-state index in [1.165, 1.54) is 16.9 Å². The summed E-state index contributed by atoms with van der Waals surface area (Å²) in [4.78, 5) is 12.7. The van der Waals surface area contributed by atoms with Crippen LogP contribution in [0.25, 0.3) is 16.9 Å². The number of nitrogens with zero attached hydrogens (tertiary/aromatic N) is 5. The predicted octanol–water partition coefficient (Wildman–Crippen LogP) is 2.55. The van der Waals surface area contributed by atoms with Gasteiger partial charge in [-0.15, -0.1) is 0 Å². The van der Waals surface area contributed by atoms with Crippen molar-refractivity contribution in [2.24, 2.45) is 0 Å². The van der Waals surface area contributed by atoms with Gasteiger partial charge in [-0.1, -0.05) is 12.8 Å². The molecule has 4 heterocycles. The molecule has 0 aromatic carbocycles. The van der Waals surface area contributed by atoms with Gasteiger partial charge in [-0.2, -0.15) is 14.8 Å². The minimum absolute atomic E-state index is 0.110. The molecule has 0 atom stereocenters. The summed E-state index contributed by atoms with van der Waals surface area (Å²) in [6.45, 7) is 0.483. The van der Waals surface area contributed by atoms with Gasteiger partial charge in [0.15, 0.2) is 17.2 Å². The number of aryl methyl sites for hydroxylation is 1. The fourth-order valence-electron chi connectivity index (χ4n) is 2.80. The van der Waals surface area contributed by atoms with Gasteiger partial charge in [-0.25, -0.2) is 14.4 Å². The number of halogens is 1. The van der Waals surface area contributed by atoms with Crippen molar-refractivity contribution in [2.45, 2.75) is 32.1 Å². The molecule has 24 heavy (non-hydrogen) atoms. The second kappa shape index (κ2) is 6.03. The average molecular weight is 329 g/mol. The van der Waals surface area contributed by atoms with Crippen molar-refractivity contribution < 1.29 is 14.2 Å². The lowest BCUT2D eigenvalue weighted by Crippen LogP contribution is -2.07. The maximum atomic E-state index is 13.6. The Labute approximate surface area is 137 Å². The first kappa shape index (κ1) is 14.8. The molecule has 8 heteroatoms. The third-order valence-corrected chi connectivity index (χ3v) is 4.01. The number of hydrogen-bond donors (Lipinski definition) is 1. The molecule has 0 amide bonds. The van der Waals surface area contributed by atoms with Crippen molar-refractivity contribution >= 4 is 11.0 Å². The molecule has 3 aromatic heterocycles. The van der Waals surface area contributed by atoms with Crippen LogP contribution in [0.15, 0.2) is 18.5 Å². The maximum Gasteiger partial charge on any atom is 0.225 e. The smallest absolute Gasteiger partial charge is 0.225 e. The number of hydrogen-bond acceptors (Lipinski definition) is 6. The first-order valence-electron chi connectivity index (χ1n) is 7.95. The minimum atomic E-state index is -0.479. The van der Waals surface area contributed by atoms with Crippen LogP contribution in [0.3, 0.4) is 0 Å². The lowest BCUT2D eigenvalue weighted by molar-refractivity contribution is 0.300. The molecule has 0 saturated carbocycles. The summed E-state index contributed by atoms with van der Waals surface area (Å²) in [6, 6.07) is 1.29. The van der Waals surface area contributed by atoms with Crippen molar-refractivity contribution in [1.29, 1.82) is 0 Å². The third kappa shape index (κ3) is 2.64. The number of aromatic nitrogens is 5. The van der Waals surface area contributed by atoms with Gasteiger partial charge in [0.05, 0.1) is 19.0 Å². The first-order chi connectivity index (χ1) is 11.7. The molecular weight excluding hydrogens is 313 g/mol.